The Bertz CT molecular complexity index is 1220. The van der Waals surface area contributed by atoms with Crippen LogP contribution in [0.4, 0.5) is 11.5 Å². The molecule has 3 rings (SSSR count). The number of hydrogen-bond acceptors (Lipinski definition) is 6. The molecule has 0 atom stereocenters. The minimum absolute atomic E-state index is 0.00549. The lowest BCUT2D eigenvalue weighted by Crippen LogP contribution is -2.34. The summed E-state index contributed by atoms with van der Waals surface area (Å²) in [6.07, 6.45) is 5.23. The number of nitrogens with one attached hydrogen (secondary N) is 1. The number of carbonyl (C=O) groups excluding carboxylic acids is 1. The van der Waals surface area contributed by atoms with Crippen LogP contribution in [-0.4, -0.2) is 56.1 Å². The number of aromatic nitrogens is 1. The summed E-state index contributed by atoms with van der Waals surface area (Å²) in [4.78, 5) is 24.3. The monoisotopic (exact) mass is 641 g/mol. The molecule has 0 fully saturated rings. The number of anilines is 1. The third kappa shape index (κ3) is 10.7. The summed E-state index contributed by atoms with van der Waals surface area (Å²) in [6.45, 7) is 4.26. The number of benzene rings is 2. The van der Waals surface area contributed by atoms with Crippen LogP contribution >= 0.6 is 22.6 Å². The van der Waals surface area contributed by atoms with E-state index in [2.05, 4.69) is 78.0 Å². The van der Waals surface area contributed by atoms with Gasteiger partial charge in [0.2, 0.25) is 5.91 Å². The number of methoxy groups -OCH3 is 1. The van der Waals surface area contributed by atoms with E-state index in [1.807, 2.05) is 42.6 Å². The Balaban J connectivity index is 1.34. The van der Waals surface area contributed by atoms with Crippen molar-refractivity contribution in [1.82, 2.24) is 15.2 Å². The molecule has 9 nitrogen and oxygen atoms in total. The molecular weight excluding hydrogens is 605 g/mol. The molecule has 1 heterocycles. The molecule has 3 aromatic rings. The summed E-state index contributed by atoms with van der Waals surface area (Å²) < 4.78 is 6.12. The minimum Gasteiger partial charge on any atom is -0.497 e. The van der Waals surface area contributed by atoms with Crippen molar-refractivity contribution in [3.63, 3.8) is 0 Å². The lowest BCUT2D eigenvalue weighted by Gasteiger charge is -2.27. The number of pyridine rings is 1. The molecule has 0 saturated heterocycles. The van der Waals surface area contributed by atoms with Gasteiger partial charge in [0, 0.05) is 40.9 Å². The fourth-order valence-corrected chi connectivity index (χ4v) is 4.81. The highest BCUT2D eigenvalue weighted by atomic mass is 127. The number of amides is 1. The molecule has 1 aromatic heterocycles. The number of azide groups is 1. The average Bonchev–Trinajstić information content (AvgIpc) is 2.95. The number of nitrogens with zero attached hydrogens (tertiary/aromatic N) is 6. The molecule has 0 unspecified atom stereocenters. The van der Waals surface area contributed by atoms with Crippen LogP contribution < -0.4 is 15.0 Å². The Labute approximate surface area is 244 Å². The van der Waals surface area contributed by atoms with Crippen molar-refractivity contribution in [2.45, 2.75) is 32.2 Å². The van der Waals surface area contributed by atoms with Gasteiger partial charge in [-0.3, -0.25) is 4.79 Å². The lowest BCUT2D eigenvalue weighted by atomic mass is 10.1. The first-order chi connectivity index (χ1) is 19.0. The van der Waals surface area contributed by atoms with Crippen molar-refractivity contribution in [1.29, 1.82) is 0 Å². The van der Waals surface area contributed by atoms with Crippen LogP contribution in [0.15, 0.2) is 72.0 Å². The van der Waals surface area contributed by atoms with Crippen molar-refractivity contribution in [3.05, 3.63) is 92.0 Å². The topological polar surface area (TPSA) is 106 Å². The van der Waals surface area contributed by atoms with Crippen molar-refractivity contribution < 1.29 is 9.53 Å². The van der Waals surface area contributed by atoms with E-state index < -0.39 is 0 Å². The summed E-state index contributed by atoms with van der Waals surface area (Å²) >= 11 is 2.11. The summed E-state index contributed by atoms with van der Waals surface area (Å²) in [5, 5.41) is 6.64. The molecular formula is C29H36IN7O2. The summed E-state index contributed by atoms with van der Waals surface area (Å²) in [5.74, 6) is 1.83. The third-order valence-corrected chi connectivity index (χ3v) is 7.19. The van der Waals surface area contributed by atoms with Gasteiger partial charge in [-0.25, -0.2) is 4.98 Å². The van der Waals surface area contributed by atoms with Crippen molar-refractivity contribution in [2.24, 2.45) is 5.11 Å². The SMILES string of the molecule is COc1ccc(CN(CCN(C)CCCCCNC(=O)Cc2ccc(N=[N+]=[N-])c(I)c2)c2ccccn2)cc1. The van der Waals surface area contributed by atoms with Crippen LogP contribution in [-0.2, 0) is 17.8 Å². The Morgan fingerprint density at radius 2 is 1.85 bits per heavy atom. The van der Waals surface area contributed by atoms with Gasteiger partial charge in [-0.15, -0.1) is 0 Å². The van der Waals surface area contributed by atoms with Gasteiger partial charge in [0.15, 0.2) is 0 Å². The molecule has 1 amide bonds. The second-order valence-corrected chi connectivity index (χ2v) is 10.5. The zero-order valence-corrected chi connectivity index (χ0v) is 24.8. The normalized spacial score (nSPS) is 10.7. The van der Waals surface area contributed by atoms with E-state index >= 15 is 0 Å². The molecule has 0 bridgehead atoms. The van der Waals surface area contributed by atoms with Crippen molar-refractivity contribution >= 4 is 40.0 Å². The Kier molecular flexibility index (Phi) is 12.8. The van der Waals surface area contributed by atoms with Gasteiger partial charge in [-0.05, 0) is 96.0 Å². The highest BCUT2D eigenvalue weighted by Crippen LogP contribution is 2.23. The first-order valence-corrected chi connectivity index (χ1v) is 14.1. The highest BCUT2D eigenvalue weighted by molar-refractivity contribution is 14.1. The van der Waals surface area contributed by atoms with E-state index in [0.717, 1.165) is 66.1 Å². The summed E-state index contributed by atoms with van der Waals surface area (Å²) in [5.41, 5.74) is 11.3. The van der Waals surface area contributed by atoms with Crippen molar-refractivity contribution in [2.75, 3.05) is 45.2 Å². The smallest absolute Gasteiger partial charge is 0.224 e. The summed E-state index contributed by atoms with van der Waals surface area (Å²) in [7, 11) is 3.83. The molecule has 39 heavy (non-hydrogen) atoms. The van der Waals surface area contributed by atoms with E-state index in [4.69, 9.17) is 10.3 Å². The number of likely N-dealkylation sites (N-methyl/N-ethyl adjacent to an activating group) is 1. The number of unbranched alkanes of at least 4 members (excludes halogenated alkanes) is 2. The number of ether oxygens (including phenoxy) is 1. The van der Waals surface area contributed by atoms with Gasteiger partial charge in [-0.1, -0.05) is 41.9 Å². The highest BCUT2D eigenvalue weighted by Gasteiger charge is 2.11. The lowest BCUT2D eigenvalue weighted by molar-refractivity contribution is -0.120. The zero-order valence-electron chi connectivity index (χ0n) is 22.6. The second kappa shape index (κ2) is 16.6. The Hall–Kier alpha value is -3.34. The molecule has 0 aliphatic rings. The molecule has 1 N–H and O–H groups in total. The third-order valence-electron chi connectivity index (χ3n) is 6.33. The maximum atomic E-state index is 12.3. The molecule has 0 aliphatic heterocycles. The number of halogens is 1. The van der Waals surface area contributed by atoms with E-state index in [9.17, 15) is 4.79 Å². The van der Waals surface area contributed by atoms with Gasteiger partial charge in [0.1, 0.15) is 11.6 Å². The van der Waals surface area contributed by atoms with Crippen LogP contribution in [0, 0.1) is 3.57 Å². The van der Waals surface area contributed by atoms with Crippen LogP contribution in [0.1, 0.15) is 30.4 Å². The van der Waals surface area contributed by atoms with Crippen LogP contribution in [0.5, 0.6) is 5.75 Å². The summed E-state index contributed by atoms with van der Waals surface area (Å²) in [6, 6.07) is 19.6. The van der Waals surface area contributed by atoms with E-state index in [1.165, 1.54) is 5.56 Å². The average molecular weight is 642 g/mol. The van der Waals surface area contributed by atoms with E-state index in [-0.39, 0.29) is 5.91 Å². The predicted molar refractivity (Wildman–Crippen MR) is 164 cm³/mol. The first-order valence-electron chi connectivity index (χ1n) is 13.1. The molecule has 2 aromatic carbocycles. The minimum atomic E-state index is 0.00549. The predicted octanol–water partition coefficient (Wildman–Crippen LogP) is 6.10. The Morgan fingerprint density at radius 1 is 1.05 bits per heavy atom. The van der Waals surface area contributed by atoms with Crippen LogP contribution in [0.2, 0.25) is 0 Å². The molecule has 10 heteroatoms. The van der Waals surface area contributed by atoms with Gasteiger partial charge in [0.05, 0.1) is 19.2 Å². The van der Waals surface area contributed by atoms with Gasteiger partial charge >= 0.3 is 0 Å². The Morgan fingerprint density at radius 3 is 2.54 bits per heavy atom. The van der Waals surface area contributed by atoms with Gasteiger partial charge in [-0.2, -0.15) is 0 Å². The van der Waals surface area contributed by atoms with E-state index in [1.54, 1.807) is 13.2 Å². The number of hydrogen-bond donors (Lipinski definition) is 1. The first kappa shape index (κ1) is 30.2. The fourth-order valence-electron chi connectivity index (χ4n) is 4.12. The molecule has 0 spiro atoms. The van der Waals surface area contributed by atoms with Crippen LogP contribution in [0.25, 0.3) is 10.4 Å². The zero-order chi connectivity index (χ0) is 27.9. The quantitative estimate of drug-likeness (QED) is 0.0669. The molecule has 0 saturated carbocycles. The number of rotatable bonds is 16. The standard InChI is InChI=1S/C29H36IN7O2/c1-36(17-7-3-5-16-33-29(38)21-24-11-14-27(34-35-31)26(30)20-24)18-19-37(28-8-4-6-15-32-28)22-23-9-12-25(39-2)13-10-23/h4,6,8-15,20H,3,5,7,16-19,21-22H2,1-2H3,(H,33,38). The fraction of sp³-hybridized carbons (Fsp3) is 0.379. The molecule has 0 radical (unpaired) electrons. The van der Waals surface area contributed by atoms with Crippen LogP contribution in [0.3, 0.4) is 0 Å². The van der Waals surface area contributed by atoms with Crippen molar-refractivity contribution in [3.8, 4) is 5.75 Å². The number of carbonyl (C=O) groups is 1. The maximum Gasteiger partial charge on any atom is 0.224 e. The van der Waals surface area contributed by atoms with Gasteiger partial charge < -0.3 is 19.9 Å². The maximum absolute atomic E-state index is 12.3. The van der Waals surface area contributed by atoms with E-state index in [0.29, 0.717) is 18.7 Å². The van der Waals surface area contributed by atoms with Gasteiger partial charge in [0.25, 0.3) is 0 Å². The largest absolute Gasteiger partial charge is 0.497 e. The molecule has 0 aliphatic carbocycles. The second-order valence-electron chi connectivity index (χ2n) is 9.32. The molecule has 206 valence electrons.